The number of amides is 3. The number of carbonyl (C=O) groups is 3. The van der Waals surface area contributed by atoms with E-state index in [4.69, 9.17) is 4.74 Å². The van der Waals surface area contributed by atoms with Gasteiger partial charge in [0.2, 0.25) is 10.0 Å². The fourth-order valence-electron chi connectivity index (χ4n) is 3.39. The Kier molecular flexibility index (Phi) is 8.36. The highest BCUT2D eigenvalue weighted by Crippen LogP contribution is 2.27. The molecule has 2 N–H and O–H groups in total. The second-order valence-corrected chi connectivity index (χ2v) is 9.61. The van der Waals surface area contributed by atoms with Gasteiger partial charge in [0.15, 0.2) is 6.61 Å². The van der Waals surface area contributed by atoms with Crippen LogP contribution < -0.4 is 10.6 Å². The van der Waals surface area contributed by atoms with Crippen molar-refractivity contribution in [3.63, 3.8) is 0 Å². The van der Waals surface area contributed by atoms with Gasteiger partial charge in [-0.15, -0.1) is 0 Å². The highest BCUT2D eigenvalue weighted by atomic mass is 32.2. The van der Waals surface area contributed by atoms with Gasteiger partial charge < -0.3 is 10.1 Å². The van der Waals surface area contributed by atoms with Crippen molar-refractivity contribution in [2.45, 2.75) is 38.5 Å². The van der Waals surface area contributed by atoms with E-state index in [1.54, 1.807) is 0 Å². The van der Waals surface area contributed by atoms with Crippen LogP contribution in [0.15, 0.2) is 29.2 Å². The van der Waals surface area contributed by atoms with Crippen LogP contribution in [-0.4, -0.2) is 56.9 Å². The van der Waals surface area contributed by atoms with E-state index in [1.807, 2.05) is 26.1 Å². The van der Waals surface area contributed by atoms with Gasteiger partial charge >= 0.3 is 12.0 Å². The zero-order valence-electron chi connectivity index (χ0n) is 17.5. The molecule has 1 heterocycles. The van der Waals surface area contributed by atoms with Crippen LogP contribution in [0.5, 0.6) is 0 Å². The van der Waals surface area contributed by atoms with Crippen molar-refractivity contribution in [3.05, 3.63) is 29.8 Å². The molecule has 0 spiro atoms. The molecule has 166 valence electrons. The van der Waals surface area contributed by atoms with E-state index in [1.165, 1.54) is 28.6 Å². The lowest BCUT2D eigenvalue weighted by Crippen LogP contribution is -2.42. The Balaban J connectivity index is 2.01. The van der Waals surface area contributed by atoms with Crippen LogP contribution in [-0.2, 0) is 19.6 Å². The van der Waals surface area contributed by atoms with E-state index < -0.39 is 34.5 Å². The molecule has 1 saturated heterocycles. The number of benzene rings is 1. The topological polar surface area (TPSA) is 122 Å². The minimum absolute atomic E-state index is 0.00152. The molecule has 1 aromatic rings. The summed E-state index contributed by atoms with van der Waals surface area (Å²) in [7, 11) is -3.75. The second kappa shape index (κ2) is 10.5. The number of piperidine rings is 1. The molecule has 1 aliphatic rings. The molecule has 10 heteroatoms. The molecule has 9 nitrogen and oxygen atoms in total. The molecule has 0 saturated carbocycles. The maximum atomic E-state index is 13.0. The first-order valence-electron chi connectivity index (χ1n) is 9.98. The molecule has 1 aromatic carbocycles. The van der Waals surface area contributed by atoms with Gasteiger partial charge in [-0.25, -0.2) is 18.0 Å². The summed E-state index contributed by atoms with van der Waals surface area (Å²) in [6, 6.07) is 4.87. The second-order valence-electron chi connectivity index (χ2n) is 7.68. The van der Waals surface area contributed by atoms with Crippen molar-refractivity contribution in [1.29, 1.82) is 0 Å². The van der Waals surface area contributed by atoms with Gasteiger partial charge in [0, 0.05) is 19.6 Å². The maximum absolute atomic E-state index is 13.0. The third-order valence-corrected chi connectivity index (χ3v) is 6.49. The summed E-state index contributed by atoms with van der Waals surface area (Å²) in [5.74, 6) is -1.12. The minimum Gasteiger partial charge on any atom is -0.452 e. The van der Waals surface area contributed by atoms with Gasteiger partial charge in [-0.05, 0) is 42.9 Å². The van der Waals surface area contributed by atoms with Gasteiger partial charge in [-0.2, -0.15) is 4.31 Å². The first-order valence-corrected chi connectivity index (χ1v) is 11.4. The third kappa shape index (κ3) is 6.53. The Hall–Kier alpha value is -2.46. The average Bonchev–Trinajstić information content (AvgIpc) is 2.69. The van der Waals surface area contributed by atoms with Crippen molar-refractivity contribution in [2.24, 2.45) is 11.8 Å². The molecular formula is C20H29N3O6S. The van der Waals surface area contributed by atoms with Crippen LogP contribution >= 0.6 is 0 Å². The molecular weight excluding hydrogens is 410 g/mol. The van der Waals surface area contributed by atoms with E-state index in [-0.39, 0.29) is 22.3 Å². The molecule has 1 aliphatic heterocycles. The number of carbonyl (C=O) groups excluding carboxylic acids is 3. The Morgan fingerprint density at radius 3 is 2.47 bits per heavy atom. The number of nitrogens with one attached hydrogen (secondary N) is 2. The first-order chi connectivity index (χ1) is 14.1. The lowest BCUT2D eigenvalue weighted by Gasteiger charge is -2.34. The van der Waals surface area contributed by atoms with E-state index >= 15 is 0 Å². The van der Waals surface area contributed by atoms with Gasteiger partial charge in [0.1, 0.15) is 0 Å². The largest absolute Gasteiger partial charge is 0.452 e. The summed E-state index contributed by atoms with van der Waals surface area (Å²) >= 11 is 0. The number of esters is 1. The van der Waals surface area contributed by atoms with E-state index in [0.29, 0.717) is 26.1 Å². The number of hydrogen-bond acceptors (Lipinski definition) is 6. The first kappa shape index (κ1) is 23.8. The molecule has 0 bridgehead atoms. The fraction of sp³-hybridized carbons (Fsp3) is 0.550. The number of ether oxygens (including phenoxy) is 1. The minimum atomic E-state index is -3.75. The molecule has 30 heavy (non-hydrogen) atoms. The Bertz CT molecular complexity index is 876. The van der Waals surface area contributed by atoms with Crippen LogP contribution in [0.2, 0.25) is 0 Å². The maximum Gasteiger partial charge on any atom is 0.338 e. The monoisotopic (exact) mass is 439 g/mol. The van der Waals surface area contributed by atoms with Crippen molar-refractivity contribution >= 4 is 27.9 Å². The van der Waals surface area contributed by atoms with E-state index in [2.05, 4.69) is 5.32 Å². The van der Waals surface area contributed by atoms with Gasteiger partial charge in [-0.3, -0.25) is 10.1 Å². The Morgan fingerprint density at radius 1 is 1.17 bits per heavy atom. The standard InChI is InChI=1S/C20H29N3O6S/c1-4-8-21-20(26)22-18(24)13-29-19(25)16-6-5-7-17(10-16)30(27,28)23-11-14(2)9-15(3)12-23/h5-7,10,14-15H,4,8-9,11-13H2,1-3H3,(H2,21,22,24,26). The zero-order chi connectivity index (χ0) is 22.3. The number of imide groups is 1. The summed E-state index contributed by atoms with van der Waals surface area (Å²) < 4.78 is 32.3. The quantitative estimate of drug-likeness (QED) is 0.624. The van der Waals surface area contributed by atoms with Crippen LogP contribution in [0.4, 0.5) is 4.79 Å². The lowest BCUT2D eigenvalue weighted by atomic mass is 9.94. The van der Waals surface area contributed by atoms with E-state index in [0.717, 1.165) is 6.42 Å². The number of rotatable bonds is 7. The fourth-order valence-corrected chi connectivity index (χ4v) is 5.12. The van der Waals surface area contributed by atoms with Gasteiger partial charge in [-0.1, -0.05) is 26.8 Å². The predicted molar refractivity (Wildman–Crippen MR) is 110 cm³/mol. The van der Waals surface area contributed by atoms with E-state index in [9.17, 15) is 22.8 Å². The number of hydrogen-bond donors (Lipinski definition) is 2. The van der Waals surface area contributed by atoms with Crippen molar-refractivity contribution in [2.75, 3.05) is 26.2 Å². The average molecular weight is 440 g/mol. The normalized spacial score (nSPS) is 19.7. The molecule has 2 rings (SSSR count). The summed E-state index contributed by atoms with van der Waals surface area (Å²) in [4.78, 5) is 35.4. The lowest BCUT2D eigenvalue weighted by molar-refractivity contribution is -0.123. The highest BCUT2D eigenvalue weighted by molar-refractivity contribution is 7.89. The van der Waals surface area contributed by atoms with Crippen molar-refractivity contribution < 1.29 is 27.5 Å². The molecule has 3 amide bonds. The number of sulfonamides is 1. The summed E-state index contributed by atoms with van der Waals surface area (Å²) in [5, 5.41) is 4.50. The predicted octanol–water partition coefficient (Wildman–Crippen LogP) is 1.75. The third-order valence-electron chi connectivity index (χ3n) is 4.67. The molecule has 0 aliphatic carbocycles. The molecule has 0 radical (unpaired) electrons. The summed E-state index contributed by atoms with van der Waals surface area (Å²) in [6.07, 6.45) is 1.68. The molecule has 1 fully saturated rings. The molecule has 0 aromatic heterocycles. The molecule has 2 unspecified atom stereocenters. The summed E-state index contributed by atoms with van der Waals surface area (Å²) in [6.45, 7) is 6.51. The number of urea groups is 1. The Labute approximate surface area is 177 Å². The molecule has 2 atom stereocenters. The van der Waals surface area contributed by atoms with Crippen LogP contribution in [0.25, 0.3) is 0 Å². The Morgan fingerprint density at radius 2 is 1.83 bits per heavy atom. The van der Waals surface area contributed by atoms with Crippen LogP contribution in [0.3, 0.4) is 0 Å². The smallest absolute Gasteiger partial charge is 0.338 e. The number of nitrogens with zero attached hydrogens (tertiary/aromatic N) is 1. The van der Waals surface area contributed by atoms with Gasteiger partial charge in [0.25, 0.3) is 5.91 Å². The van der Waals surface area contributed by atoms with Gasteiger partial charge in [0.05, 0.1) is 10.5 Å². The summed E-state index contributed by atoms with van der Waals surface area (Å²) in [5.41, 5.74) is 0.0115. The van der Waals surface area contributed by atoms with Crippen molar-refractivity contribution in [3.8, 4) is 0 Å². The highest BCUT2D eigenvalue weighted by Gasteiger charge is 2.32. The SMILES string of the molecule is CCCNC(=O)NC(=O)COC(=O)c1cccc(S(=O)(=O)N2CC(C)CC(C)C2)c1. The van der Waals surface area contributed by atoms with Crippen LogP contribution in [0.1, 0.15) is 44.0 Å². The van der Waals surface area contributed by atoms with Crippen molar-refractivity contribution in [1.82, 2.24) is 14.9 Å². The van der Waals surface area contributed by atoms with Crippen LogP contribution in [0, 0.1) is 11.8 Å². The zero-order valence-corrected chi connectivity index (χ0v) is 18.3.